The van der Waals surface area contributed by atoms with Crippen LogP contribution in [0.1, 0.15) is 10.4 Å². The van der Waals surface area contributed by atoms with Crippen molar-refractivity contribution in [2.24, 2.45) is 5.73 Å². The van der Waals surface area contributed by atoms with Gasteiger partial charge in [-0.15, -0.1) is 0 Å². The summed E-state index contributed by atoms with van der Waals surface area (Å²) in [6.07, 6.45) is -0.692. The summed E-state index contributed by atoms with van der Waals surface area (Å²) in [5.41, 5.74) is 5.50. The van der Waals surface area contributed by atoms with E-state index in [1.54, 1.807) is 18.2 Å². The Balaban J connectivity index is 2.54. The number of carbonyl (C=O) groups is 1. The van der Waals surface area contributed by atoms with Gasteiger partial charge in [0.2, 0.25) is 5.91 Å². The largest absolute Gasteiger partial charge is 0.491 e. The van der Waals surface area contributed by atoms with Crippen LogP contribution in [0.2, 0.25) is 0 Å². The minimum Gasteiger partial charge on any atom is -0.491 e. The first-order chi connectivity index (χ1) is 7.63. The highest BCUT2D eigenvalue weighted by Gasteiger charge is 2.06. The molecule has 0 fully saturated rings. The van der Waals surface area contributed by atoms with E-state index in [0.717, 1.165) is 0 Å². The molecule has 16 heavy (non-hydrogen) atoms. The molecule has 0 bridgehead atoms. The number of hydrogen-bond acceptors (Lipinski definition) is 4. The zero-order valence-corrected chi connectivity index (χ0v) is 9.05. The maximum atomic E-state index is 10.9. The number of hydrogen-bond donors (Lipinski definition) is 2. The molecule has 1 unspecified atom stereocenters. The molecule has 0 spiro atoms. The number of benzene rings is 1. The number of aliphatic hydroxyl groups is 1. The van der Waals surface area contributed by atoms with Crippen LogP contribution in [0.4, 0.5) is 0 Å². The van der Waals surface area contributed by atoms with Gasteiger partial charge in [0, 0.05) is 12.7 Å². The molecule has 0 aromatic heterocycles. The zero-order chi connectivity index (χ0) is 12.0. The van der Waals surface area contributed by atoms with E-state index < -0.39 is 12.0 Å². The number of nitrogens with two attached hydrogens (primary N) is 1. The smallest absolute Gasteiger partial charge is 0.248 e. The molecular formula is C11H15NO4. The molecule has 3 N–H and O–H groups in total. The summed E-state index contributed by atoms with van der Waals surface area (Å²) >= 11 is 0. The van der Waals surface area contributed by atoms with Gasteiger partial charge in [0.05, 0.1) is 6.61 Å². The van der Waals surface area contributed by atoms with E-state index in [9.17, 15) is 9.90 Å². The topological polar surface area (TPSA) is 81.8 Å². The Morgan fingerprint density at radius 3 is 2.88 bits per heavy atom. The molecule has 1 rings (SSSR count). The number of carbonyl (C=O) groups excluding carboxylic acids is 1. The number of rotatable bonds is 6. The Morgan fingerprint density at radius 1 is 1.50 bits per heavy atom. The van der Waals surface area contributed by atoms with Gasteiger partial charge < -0.3 is 20.3 Å². The fourth-order valence-electron chi connectivity index (χ4n) is 1.17. The summed E-state index contributed by atoms with van der Waals surface area (Å²) < 4.78 is 10.0. The quantitative estimate of drug-likeness (QED) is 0.723. The average molecular weight is 225 g/mol. The highest BCUT2D eigenvalue weighted by Crippen LogP contribution is 2.13. The van der Waals surface area contributed by atoms with Crippen LogP contribution in [0.5, 0.6) is 5.75 Å². The van der Waals surface area contributed by atoms with Gasteiger partial charge in [0.25, 0.3) is 0 Å². The maximum absolute atomic E-state index is 10.9. The monoisotopic (exact) mass is 225 g/mol. The molecule has 1 amide bonds. The first-order valence-electron chi connectivity index (χ1n) is 4.83. The minimum absolute atomic E-state index is 0.107. The summed E-state index contributed by atoms with van der Waals surface area (Å²) in [5.74, 6) is -0.0191. The highest BCUT2D eigenvalue weighted by molar-refractivity contribution is 5.93. The van der Waals surface area contributed by atoms with E-state index >= 15 is 0 Å². The number of primary amides is 1. The molecule has 1 aromatic rings. The molecule has 0 aliphatic carbocycles. The molecule has 88 valence electrons. The first-order valence-corrected chi connectivity index (χ1v) is 4.83. The van der Waals surface area contributed by atoms with E-state index in [-0.39, 0.29) is 13.2 Å². The Hall–Kier alpha value is -1.59. The van der Waals surface area contributed by atoms with Gasteiger partial charge in [-0.1, -0.05) is 6.07 Å². The second-order valence-corrected chi connectivity index (χ2v) is 3.31. The Morgan fingerprint density at radius 2 is 2.25 bits per heavy atom. The van der Waals surface area contributed by atoms with E-state index in [2.05, 4.69) is 0 Å². The lowest BCUT2D eigenvalue weighted by atomic mass is 10.2. The van der Waals surface area contributed by atoms with Crippen molar-refractivity contribution in [3.8, 4) is 5.75 Å². The predicted octanol–water partition coefficient (Wildman–Crippen LogP) is 0.172. The van der Waals surface area contributed by atoms with Crippen LogP contribution in [0.15, 0.2) is 24.3 Å². The Bertz CT molecular complexity index is 354. The number of aliphatic hydroxyl groups excluding tert-OH is 1. The second-order valence-electron chi connectivity index (χ2n) is 3.31. The number of methoxy groups -OCH3 is 1. The molecule has 0 saturated heterocycles. The van der Waals surface area contributed by atoms with Gasteiger partial charge in [-0.3, -0.25) is 4.79 Å². The summed E-state index contributed by atoms with van der Waals surface area (Å²) in [4.78, 5) is 10.9. The molecule has 0 heterocycles. The second kappa shape index (κ2) is 6.09. The molecule has 1 aromatic carbocycles. The molecule has 5 heteroatoms. The van der Waals surface area contributed by atoms with Crippen LogP contribution in [-0.2, 0) is 4.74 Å². The van der Waals surface area contributed by atoms with Crippen LogP contribution in [0.3, 0.4) is 0 Å². The fourth-order valence-corrected chi connectivity index (χ4v) is 1.17. The van der Waals surface area contributed by atoms with E-state index in [1.807, 2.05) is 0 Å². The van der Waals surface area contributed by atoms with Crippen molar-refractivity contribution in [3.05, 3.63) is 29.8 Å². The van der Waals surface area contributed by atoms with Crippen LogP contribution in [0.25, 0.3) is 0 Å². The summed E-state index contributed by atoms with van der Waals surface area (Å²) in [7, 11) is 1.50. The normalized spacial score (nSPS) is 12.1. The number of amides is 1. The maximum Gasteiger partial charge on any atom is 0.248 e. The fraction of sp³-hybridized carbons (Fsp3) is 0.364. The number of ether oxygens (including phenoxy) is 2. The van der Waals surface area contributed by atoms with Crippen molar-refractivity contribution < 1.29 is 19.4 Å². The molecule has 1 atom stereocenters. The Kier molecular flexibility index (Phi) is 4.75. The molecule has 0 aliphatic rings. The van der Waals surface area contributed by atoms with Gasteiger partial charge >= 0.3 is 0 Å². The lowest BCUT2D eigenvalue weighted by molar-refractivity contribution is 0.0325. The van der Waals surface area contributed by atoms with Crippen molar-refractivity contribution in [2.75, 3.05) is 20.3 Å². The molecule has 0 saturated carbocycles. The van der Waals surface area contributed by atoms with Crippen molar-refractivity contribution in [2.45, 2.75) is 6.10 Å². The highest BCUT2D eigenvalue weighted by atomic mass is 16.5. The van der Waals surface area contributed by atoms with Gasteiger partial charge in [0.1, 0.15) is 18.5 Å². The predicted molar refractivity (Wildman–Crippen MR) is 58.3 cm³/mol. The summed E-state index contributed by atoms with van der Waals surface area (Å²) in [5, 5.41) is 9.35. The van der Waals surface area contributed by atoms with Gasteiger partial charge in [-0.2, -0.15) is 0 Å². The van der Waals surface area contributed by atoms with Gasteiger partial charge in [-0.05, 0) is 18.2 Å². The van der Waals surface area contributed by atoms with Gasteiger partial charge in [0.15, 0.2) is 0 Å². The van der Waals surface area contributed by atoms with Gasteiger partial charge in [-0.25, -0.2) is 0 Å². The van der Waals surface area contributed by atoms with E-state index in [4.69, 9.17) is 15.2 Å². The van der Waals surface area contributed by atoms with E-state index in [1.165, 1.54) is 13.2 Å². The Labute approximate surface area is 93.8 Å². The average Bonchev–Trinajstić information content (AvgIpc) is 2.27. The van der Waals surface area contributed by atoms with Crippen molar-refractivity contribution in [1.29, 1.82) is 0 Å². The first kappa shape index (κ1) is 12.5. The minimum atomic E-state index is -0.692. The van der Waals surface area contributed by atoms with Crippen molar-refractivity contribution in [3.63, 3.8) is 0 Å². The molecular weight excluding hydrogens is 210 g/mol. The summed E-state index contributed by atoms with van der Waals surface area (Å²) in [6.45, 7) is 0.311. The molecule has 0 radical (unpaired) electrons. The van der Waals surface area contributed by atoms with Crippen LogP contribution in [-0.4, -0.2) is 37.4 Å². The van der Waals surface area contributed by atoms with Crippen LogP contribution < -0.4 is 10.5 Å². The lowest BCUT2D eigenvalue weighted by Gasteiger charge is -2.11. The van der Waals surface area contributed by atoms with Crippen LogP contribution in [0, 0.1) is 0 Å². The van der Waals surface area contributed by atoms with E-state index in [0.29, 0.717) is 11.3 Å². The zero-order valence-electron chi connectivity index (χ0n) is 9.05. The standard InChI is InChI=1S/C11H15NO4/c1-15-6-9(13)7-16-10-4-2-3-8(5-10)11(12)14/h2-5,9,13H,6-7H2,1H3,(H2,12,14). The van der Waals surface area contributed by atoms with Crippen molar-refractivity contribution in [1.82, 2.24) is 0 Å². The molecule has 5 nitrogen and oxygen atoms in total. The van der Waals surface area contributed by atoms with Crippen LogP contribution >= 0.6 is 0 Å². The lowest BCUT2D eigenvalue weighted by Crippen LogP contribution is -2.22. The third-order valence-electron chi connectivity index (χ3n) is 1.92. The third-order valence-corrected chi connectivity index (χ3v) is 1.92. The summed E-state index contributed by atoms with van der Waals surface area (Å²) in [6, 6.07) is 6.48. The third kappa shape index (κ3) is 3.88. The molecule has 0 aliphatic heterocycles. The van der Waals surface area contributed by atoms with Crippen molar-refractivity contribution >= 4 is 5.91 Å². The SMILES string of the molecule is COCC(O)COc1cccc(C(N)=O)c1.